The number of ether oxygens (including phenoxy) is 2. The zero-order chi connectivity index (χ0) is 25.3. The normalized spacial score (nSPS) is 15.2. The third kappa shape index (κ3) is 4.95. The molecule has 2 aromatic heterocycles. The second kappa shape index (κ2) is 9.70. The number of rotatable bonds is 7. The SMILES string of the molecule is COc1ccc(F)c(S(=O)(=O)Nc2ccc(-c3nc(OC4CCN(C)CC4)c4cn[nH]c4n3)cc2)c1. The van der Waals surface area contributed by atoms with E-state index in [9.17, 15) is 12.8 Å². The van der Waals surface area contributed by atoms with Gasteiger partial charge >= 0.3 is 0 Å². The van der Waals surface area contributed by atoms with Crippen molar-refractivity contribution in [1.29, 1.82) is 0 Å². The molecule has 0 radical (unpaired) electrons. The standard InChI is InChI=1S/C24H25FN6O4S/c1-31-11-9-17(10-12-31)35-24-19-14-26-29-23(19)27-22(28-24)15-3-5-16(6-4-15)30-36(32,33)21-13-18(34-2)7-8-20(21)25/h3-8,13-14,17,30H,9-12H2,1-2H3,(H,26,27,28,29). The van der Waals surface area contributed by atoms with Crippen LogP contribution in [0.2, 0.25) is 0 Å². The lowest BCUT2D eigenvalue weighted by atomic mass is 10.1. The summed E-state index contributed by atoms with van der Waals surface area (Å²) in [7, 11) is -0.710. The topological polar surface area (TPSA) is 122 Å². The van der Waals surface area contributed by atoms with Gasteiger partial charge in [-0.05, 0) is 56.3 Å². The summed E-state index contributed by atoms with van der Waals surface area (Å²) in [5.41, 5.74) is 1.45. The molecule has 1 aliphatic rings. The molecule has 0 amide bonds. The van der Waals surface area contributed by atoms with Crippen molar-refractivity contribution in [2.24, 2.45) is 0 Å². The number of fused-ring (bicyclic) bond motifs is 1. The average Bonchev–Trinajstić information content (AvgIpc) is 3.35. The van der Waals surface area contributed by atoms with Crippen LogP contribution in [0.3, 0.4) is 0 Å². The molecule has 10 nitrogen and oxygen atoms in total. The summed E-state index contributed by atoms with van der Waals surface area (Å²) < 4.78 is 53.3. The number of sulfonamides is 1. The second-order valence-electron chi connectivity index (χ2n) is 8.58. The van der Waals surface area contributed by atoms with E-state index in [1.54, 1.807) is 30.5 Å². The Kier molecular flexibility index (Phi) is 6.46. The Labute approximate surface area is 207 Å². The summed E-state index contributed by atoms with van der Waals surface area (Å²) >= 11 is 0. The Morgan fingerprint density at radius 1 is 1.11 bits per heavy atom. The number of anilines is 1. The molecule has 0 bridgehead atoms. The number of piperidine rings is 1. The Morgan fingerprint density at radius 3 is 2.58 bits per heavy atom. The number of nitrogens with zero attached hydrogens (tertiary/aromatic N) is 4. The Hall–Kier alpha value is -3.77. The first-order valence-corrected chi connectivity index (χ1v) is 12.8. The summed E-state index contributed by atoms with van der Waals surface area (Å²) in [5.74, 6) is 0.217. The van der Waals surface area contributed by atoms with Crippen molar-refractivity contribution < 1.29 is 22.3 Å². The number of benzene rings is 2. The van der Waals surface area contributed by atoms with Crippen LogP contribution in [0.4, 0.5) is 10.1 Å². The number of hydrogen-bond donors (Lipinski definition) is 2. The Bertz CT molecular complexity index is 1480. The van der Waals surface area contributed by atoms with Crippen molar-refractivity contribution in [3.8, 4) is 23.0 Å². The van der Waals surface area contributed by atoms with Crippen LogP contribution in [0.15, 0.2) is 53.6 Å². The van der Waals surface area contributed by atoms with Crippen molar-refractivity contribution >= 4 is 26.7 Å². The van der Waals surface area contributed by atoms with Crippen molar-refractivity contribution in [2.45, 2.75) is 23.8 Å². The molecule has 188 valence electrons. The lowest BCUT2D eigenvalue weighted by molar-refractivity contribution is 0.111. The molecule has 5 rings (SSSR count). The van der Waals surface area contributed by atoms with Gasteiger partial charge in [-0.15, -0.1) is 0 Å². The third-order valence-corrected chi connectivity index (χ3v) is 7.44. The Morgan fingerprint density at radius 2 is 1.86 bits per heavy atom. The number of likely N-dealkylation sites (tertiary alicyclic amines) is 1. The van der Waals surface area contributed by atoms with Gasteiger partial charge in [0.05, 0.1) is 13.3 Å². The largest absolute Gasteiger partial charge is 0.497 e. The second-order valence-corrected chi connectivity index (χ2v) is 10.2. The van der Waals surface area contributed by atoms with E-state index < -0.39 is 20.7 Å². The molecule has 3 heterocycles. The third-order valence-electron chi connectivity index (χ3n) is 6.04. The van der Waals surface area contributed by atoms with Gasteiger partial charge in [0.1, 0.15) is 28.0 Å². The van der Waals surface area contributed by atoms with Crippen LogP contribution in [-0.2, 0) is 10.0 Å². The fraction of sp³-hybridized carbons (Fsp3) is 0.292. The van der Waals surface area contributed by atoms with Gasteiger partial charge in [-0.1, -0.05) is 0 Å². The molecule has 4 aromatic rings. The van der Waals surface area contributed by atoms with E-state index in [1.807, 2.05) is 0 Å². The van der Waals surface area contributed by atoms with Gasteiger partial charge in [0.25, 0.3) is 10.0 Å². The van der Waals surface area contributed by atoms with Crippen molar-refractivity contribution in [2.75, 3.05) is 32.0 Å². The molecular weight excluding hydrogens is 487 g/mol. The van der Waals surface area contributed by atoms with E-state index in [0.717, 1.165) is 38.1 Å². The fourth-order valence-electron chi connectivity index (χ4n) is 4.00. The van der Waals surface area contributed by atoms with Gasteiger partial charge in [-0.2, -0.15) is 10.1 Å². The first-order valence-electron chi connectivity index (χ1n) is 11.4. The van der Waals surface area contributed by atoms with Gasteiger partial charge in [0.15, 0.2) is 11.5 Å². The molecular formula is C24H25FN6O4S. The van der Waals surface area contributed by atoms with Gasteiger partial charge in [0.2, 0.25) is 5.88 Å². The summed E-state index contributed by atoms with van der Waals surface area (Å²) in [6, 6.07) is 10.00. The molecule has 12 heteroatoms. The first kappa shape index (κ1) is 23.9. The van der Waals surface area contributed by atoms with Crippen LogP contribution < -0.4 is 14.2 Å². The predicted octanol–water partition coefficient (Wildman–Crippen LogP) is 3.44. The zero-order valence-electron chi connectivity index (χ0n) is 19.7. The number of nitrogens with one attached hydrogen (secondary N) is 2. The van der Waals surface area contributed by atoms with Crippen LogP contribution in [0.5, 0.6) is 11.6 Å². The molecule has 0 atom stereocenters. The van der Waals surface area contributed by atoms with E-state index in [2.05, 4.69) is 36.8 Å². The van der Waals surface area contributed by atoms with Crippen molar-refractivity contribution in [1.82, 2.24) is 25.1 Å². The predicted molar refractivity (Wildman–Crippen MR) is 132 cm³/mol. The minimum Gasteiger partial charge on any atom is -0.497 e. The fourth-order valence-corrected chi connectivity index (χ4v) is 5.15. The van der Waals surface area contributed by atoms with E-state index in [-0.39, 0.29) is 17.5 Å². The number of methoxy groups -OCH3 is 1. The highest BCUT2D eigenvalue weighted by molar-refractivity contribution is 7.92. The molecule has 0 spiro atoms. The van der Waals surface area contributed by atoms with E-state index in [1.165, 1.54) is 13.2 Å². The molecule has 0 aliphatic carbocycles. The minimum atomic E-state index is -4.18. The number of aromatic nitrogens is 4. The highest BCUT2D eigenvalue weighted by Gasteiger charge is 2.22. The van der Waals surface area contributed by atoms with Crippen LogP contribution in [0.1, 0.15) is 12.8 Å². The maximum absolute atomic E-state index is 14.2. The average molecular weight is 513 g/mol. The summed E-state index contributed by atoms with van der Waals surface area (Å²) in [6.45, 7) is 1.91. The highest BCUT2D eigenvalue weighted by atomic mass is 32.2. The molecule has 0 unspecified atom stereocenters. The van der Waals surface area contributed by atoms with E-state index >= 15 is 0 Å². The summed E-state index contributed by atoms with van der Waals surface area (Å²) in [6.07, 6.45) is 3.49. The van der Waals surface area contributed by atoms with Gasteiger partial charge in [0, 0.05) is 30.4 Å². The van der Waals surface area contributed by atoms with E-state index in [4.69, 9.17) is 9.47 Å². The maximum Gasteiger partial charge on any atom is 0.264 e. The quantitative estimate of drug-likeness (QED) is 0.386. The zero-order valence-corrected chi connectivity index (χ0v) is 20.5. The van der Waals surface area contributed by atoms with Gasteiger partial charge in [-0.25, -0.2) is 17.8 Å². The van der Waals surface area contributed by atoms with Crippen LogP contribution in [-0.4, -0.2) is 66.8 Å². The number of aromatic amines is 1. The van der Waals surface area contributed by atoms with Gasteiger partial charge in [-0.3, -0.25) is 9.82 Å². The summed E-state index contributed by atoms with van der Waals surface area (Å²) in [5, 5.41) is 7.63. The number of H-pyrrole nitrogens is 1. The molecule has 2 N–H and O–H groups in total. The smallest absolute Gasteiger partial charge is 0.264 e. The highest BCUT2D eigenvalue weighted by Crippen LogP contribution is 2.29. The maximum atomic E-state index is 14.2. The minimum absolute atomic E-state index is 0.0517. The van der Waals surface area contributed by atoms with Crippen molar-refractivity contribution in [3.63, 3.8) is 0 Å². The van der Waals surface area contributed by atoms with Gasteiger partial charge < -0.3 is 14.4 Å². The van der Waals surface area contributed by atoms with Crippen LogP contribution in [0.25, 0.3) is 22.4 Å². The Balaban J connectivity index is 1.39. The molecule has 2 aromatic carbocycles. The van der Waals surface area contributed by atoms with Crippen molar-refractivity contribution in [3.05, 3.63) is 54.5 Å². The molecule has 1 aliphatic heterocycles. The first-order chi connectivity index (χ1) is 17.3. The molecule has 36 heavy (non-hydrogen) atoms. The monoisotopic (exact) mass is 512 g/mol. The molecule has 0 saturated carbocycles. The number of hydrogen-bond acceptors (Lipinski definition) is 8. The summed E-state index contributed by atoms with van der Waals surface area (Å²) in [4.78, 5) is 10.9. The van der Waals surface area contributed by atoms with E-state index in [0.29, 0.717) is 28.3 Å². The number of halogens is 1. The van der Waals surface area contributed by atoms with Crippen LogP contribution in [0, 0.1) is 5.82 Å². The van der Waals surface area contributed by atoms with Crippen LogP contribution >= 0.6 is 0 Å². The lowest BCUT2D eigenvalue weighted by Gasteiger charge is -2.29. The lowest BCUT2D eigenvalue weighted by Crippen LogP contribution is -2.35. The molecule has 1 fully saturated rings. The molecule has 1 saturated heterocycles.